The molecule has 0 radical (unpaired) electrons. The van der Waals surface area contributed by atoms with Crippen LogP contribution in [0, 0.1) is 0 Å². The minimum Gasteiger partial charge on any atom is -0.368 e. The molecule has 2 amide bonds. The average molecular weight is 505 g/mol. The highest BCUT2D eigenvalue weighted by Crippen LogP contribution is 2.41. The summed E-state index contributed by atoms with van der Waals surface area (Å²) in [6, 6.07) is 11.6. The lowest BCUT2D eigenvalue weighted by molar-refractivity contribution is -0.137. The van der Waals surface area contributed by atoms with Crippen LogP contribution in [0.25, 0.3) is 0 Å². The number of rotatable bonds is 4. The van der Waals surface area contributed by atoms with E-state index >= 15 is 0 Å². The van der Waals surface area contributed by atoms with Crippen molar-refractivity contribution in [2.45, 2.75) is 37.3 Å². The fourth-order valence-electron chi connectivity index (χ4n) is 5.08. The largest absolute Gasteiger partial charge is 0.368 e. The number of fused-ring (bicyclic) bond motifs is 1. The summed E-state index contributed by atoms with van der Waals surface area (Å²) in [6.07, 6.45) is 0.913. The second-order valence-corrected chi connectivity index (χ2v) is 10.2. The van der Waals surface area contributed by atoms with Crippen LogP contribution in [0.5, 0.6) is 0 Å². The zero-order valence-corrected chi connectivity index (χ0v) is 20.5. The molecule has 3 aliphatic heterocycles. The molecule has 3 aliphatic rings. The third-order valence-electron chi connectivity index (χ3n) is 6.87. The lowest BCUT2D eigenvalue weighted by Gasteiger charge is -2.36. The fourth-order valence-corrected chi connectivity index (χ4v) is 5.97. The van der Waals surface area contributed by atoms with E-state index < -0.39 is 0 Å². The highest BCUT2D eigenvalue weighted by molar-refractivity contribution is 7.80. The van der Waals surface area contributed by atoms with E-state index in [1.165, 1.54) is 11.1 Å². The first kappa shape index (κ1) is 23.0. The number of hydrogen-bond donors (Lipinski definition) is 2. The van der Waals surface area contributed by atoms with E-state index in [4.69, 9.17) is 35.8 Å². The Labute approximate surface area is 209 Å². The molecule has 3 heterocycles. The molecule has 0 aromatic heterocycles. The van der Waals surface area contributed by atoms with Crippen LogP contribution >= 0.6 is 35.8 Å². The van der Waals surface area contributed by atoms with Crippen molar-refractivity contribution in [1.82, 2.24) is 15.1 Å². The molecule has 0 aliphatic carbocycles. The predicted octanol–water partition coefficient (Wildman–Crippen LogP) is 3.86. The minimum absolute atomic E-state index is 0.147. The first-order valence-electron chi connectivity index (χ1n) is 11.2. The van der Waals surface area contributed by atoms with Gasteiger partial charge in [0.2, 0.25) is 11.8 Å². The molecule has 2 atom stereocenters. The van der Waals surface area contributed by atoms with E-state index in [1.807, 2.05) is 18.2 Å². The highest BCUT2D eigenvalue weighted by Gasteiger charge is 2.39. The van der Waals surface area contributed by atoms with E-state index in [1.54, 1.807) is 0 Å². The number of carbonyl (C=O) groups excluding carboxylic acids is 2. The molecule has 5 rings (SSSR count). The molecule has 2 saturated heterocycles. The first-order chi connectivity index (χ1) is 15.9. The number of hydrogen-bond acceptors (Lipinski definition) is 6. The molecular weight excluding hydrogens is 479 g/mol. The van der Waals surface area contributed by atoms with Crippen molar-refractivity contribution in [2.75, 3.05) is 31.1 Å². The number of imide groups is 1. The molecule has 2 aromatic rings. The quantitative estimate of drug-likeness (QED) is 0.488. The van der Waals surface area contributed by atoms with Gasteiger partial charge in [0.15, 0.2) is 0 Å². The fraction of sp³-hybridized carbons (Fsp3) is 0.417. The van der Waals surface area contributed by atoms with Crippen molar-refractivity contribution < 1.29 is 9.59 Å². The van der Waals surface area contributed by atoms with Crippen LogP contribution in [-0.2, 0) is 22.7 Å². The zero-order chi connectivity index (χ0) is 23.1. The van der Waals surface area contributed by atoms with Crippen LogP contribution in [0.15, 0.2) is 36.4 Å². The predicted molar refractivity (Wildman–Crippen MR) is 134 cm³/mol. The Hall–Kier alpha value is -1.77. The smallest absolute Gasteiger partial charge is 0.243 e. The van der Waals surface area contributed by atoms with Crippen LogP contribution in [0.3, 0.4) is 0 Å². The van der Waals surface area contributed by atoms with E-state index in [0.717, 1.165) is 49.0 Å². The summed E-state index contributed by atoms with van der Waals surface area (Å²) in [7, 11) is 0. The van der Waals surface area contributed by atoms with E-state index in [9.17, 15) is 9.59 Å². The average Bonchev–Trinajstić information content (AvgIpc) is 3.13. The Kier molecular flexibility index (Phi) is 6.60. The number of anilines is 1. The van der Waals surface area contributed by atoms with Gasteiger partial charge in [-0.15, -0.1) is 0 Å². The third kappa shape index (κ3) is 4.62. The Morgan fingerprint density at radius 2 is 1.85 bits per heavy atom. The highest BCUT2D eigenvalue weighted by atomic mass is 35.5. The maximum Gasteiger partial charge on any atom is 0.243 e. The van der Waals surface area contributed by atoms with Crippen LogP contribution in [-0.4, -0.2) is 53.8 Å². The van der Waals surface area contributed by atoms with Crippen molar-refractivity contribution in [2.24, 2.45) is 0 Å². The summed E-state index contributed by atoms with van der Waals surface area (Å²) in [5, 5.41) is 3.74. The van der Waals surface area contributed by atoms with Crippen molar-refractivity contribution in [1.29, 1.82) is 0 Å². The second-order valence-electron chi connectivity index (χ2n) is 8.86. The van der Waals surface area contributed by atoms with Crippen LogP contribution in [0.1, 0.15) is 34.9 Å². The van der Waals surface area contributed by atoms with Gasteiger partial charge in [-0.3, -0.25) is 24.7 Å². The lowest BCUT2D eigenvalue weighted by atomic mass is 10.0. The van der Waals surface area contributed by atoms with Gasteiger partial charge in [0.05, 0.1) is 22.1 Å². The van der Waals surface area contributed by atoms with Gasteiger partial charge in [-0.05, 0) is 41.3 Å². The van der Waals surface area contributed by atoms with Gasteiger partial charge in [0, 0.05) is 50.7 Å². The normalized spacial score (nSPS) is 24.2. The Balaban J connectivity index is 1.26. The molecule has 2 unspecified atom stereocenters. The van der Waals surface area contributed by atoms with Crippen molar-refractivity contribution in [3.8, 4) is 0 Å². The Morgan fingerprint density at radius 1 is 1.06 bits per heavy atom. The number of halogens is 2. The topological polar surface area (TPSA) is 55.9 Å². The van der Waals surface area contributed by atoms with E-state index in [2.05, 4.69) is 38.2 Å². The monoisotopic (exact) mass is 504 g/mol. The van der Waals surface area contributed by atoms with Crippen LogP contribution in [0.4, 0.5) is 5.69 Å². The molecule has 1 N–H and O–H groups in total. The van der Waals surface area contributed by atoms with Gasteiger partial charge < -0.3 is 4.90 Å². The molecule has 2 aromatic carbocycles. The Morgan fingerprint density at radius 3 is 2.61 bits per heavy atom. The summed E-state index contributed by atoms with van der Waals surface area (Å²) >= 11 is 17.4. The lowest BCUT2D eigenvalue weighted by Crippen LogP contribution is -2.51. The molecule has 9 heteroatoms. The number of thiol groups is 1. The molecular formula is C24H26Cl2N4O2S. The maximum atomic E-state index is 12.4. The summed E-state index contributed by atoms with van der Waals surface area (Å²) in [5.74, 6) is -0.405. The number of carbonyl (C=O) groups is 2. The molecule has 0 bridgehead atoms. The number of piperidine rings is 1. The molecule has 2 fully saturated rings. The summed E-state index contributed by atoms with van der Waals surface area (Å²) < 4.78 is 0. The molecule has 0 saturated carbocycles. The second kappa shape index (κ2) is 9.47. The number of piperazine rings is 1. The Bertz CT molecular complexity index is 1090. The molecule has 174 valence electrons. The molecule has 6 nitrogen and oxygen atoms in total. The van der Waals surface area contributed by atoms with Crippen LogP contribution < -0.4 is 10.2 Å². The van der Waals surface area contributed by atoms with Gasteiger partial charge in [0.1, 0.15) is 0 Å². The summed E-state index contributed by atoms with van der Waals surface area (Å²) in [5.41, 5.74) is 4.67. The molecule has 0 spiro atoms. The van der Waals surface area contributed by atoms with Gasteiger partial charge in [-0.2, -0.15) is 12.6 Å². The van der Waals surface area contributed by atoms with Gasteiger partial charge in [-0.1, -0.05) is 41.4 Å². The summed E-state index contributed by atoms with van der Waals surface area (Å²) in [6.45, 7) is 5.13. The van der Waals surface area contributed by atoms with Gasteiger partial charge in [0.25, 0.3) is 0 Å². The minimum atomic E-state index is -0.323. The van der Waals surface area contributed by atoms with Gasteiger partial charge >= 0.3 is 0 Å². The molecule has 33 heavy (non-hydrogen) atoms. The number of amides is 2. The van der Waals surface area contributed by atoms with Crippen molar-refractivity contribution in [3.63, 3.8) is 0 Å². The third-order valence-corrected chi connectivity index (χ3v) is 8.00. The van der Waals surface area contributed by atoms with Gasteiger partial charge in [-0.25, -0.2) is 0 Å². The standard InChI is InChI=1S/C24H26Cl2N4O2S/c25-16-4-5-19(26)21(12-16)29-10-8-28(9-11-29)13-15-2-1-3-17-18(15)14-30(24(17)33)20-6-7-22(31)27-23(20)32/h1-5,12,20,24,33H,6-11,13-14H2,(H,27,31,32). The SMILES string of the molecule is O=C1CCC(N2Cc3c(CN4CCN(c5cc(Cl)ccc5Cl)CC4)cccc3C2S)C(=O)N1. The van der Waals surface area contributed by atoms with Crippen LogP contribution in [0.2, 0.25) is 10.0 Å². The summed E-state index contributed by atoms with van der Waals surface area (Å²) in [4.78, 5) is 30.9. The van der Waals surface area contributed by atoms with E-state index in [0.29, 0.717) is 24.4 Å². The van der Waals surface area contributed by atoms with E-state index in [-0.39, 0.29) is 23.2 Å². The first-order valence-corrected chi connectivity index (χ1v) is 12.5. The number of nitrogens with one attached hydrogen (secondary N) is 1. The number of nitrogens with zero attached hydrogens (tertiary/aromatic N) is 3. The number of benzene rings is 2. The zero-order valence-electron chi connectivity index (χ0n) is 18.1. The van der Waals surface area contributed by atoms with Crippen molar-refractivity contribution >= 4 is 53.3 Å². The maximum absolute atomic E-state index is 12.4. The van der Waals surface area contributed by atoms with Crippen molar-refractivity contribution in [3.05, 3.63) is 63.1 Å².